The lowest BCUT2D eigenvalue weighted by Gasteiger charge is -2.35. The van der Waals surface area contributed by atoms with E-state index in [9.17, 15) is 5.11 Å². The van der Waals surface area contributed by atoms with Crippen LogP contribution in [0.4, 0.5) is 0 Å². The number of phenols is 1. The Balaban J connectivity index is 1.93. The molecule has 0 saturated heterocycles. The number of allylic oxidation sites excluding steroid dienone is 4. The third-order valence-corrected chi connectivity index (χ3v) is 5.95. The Morgan fingerprint density at radius 2 is 1.48 bits per heavy atom. The first-order valence-electron chi connectivity index (χ1n) is 9.59. The smallest absolute Gasteiger partial charge is 0.116 e. The highest BCUT2D eigenvalue weighted by Gasteiger charge is 2.48. The maximum Gasteiger partial charge on any atom is 0.116 e. The summed E-state index contributed by atoms with van der Waals surface area (Å²) in [5, 5.41) is 10.2. The van der Waals surface area contributed by atoms with Crippen molar-refractivity contribution >= 4 is 5.57 Å². The molecule has 1 atom stereocenters. The highest BCUT2D eigenvalue weighted by atomic mass is 16.3. The molecule has 132 valence electrons. The molecule has 0 heterocycles. The van der Waals surface area contributed by atoms with Crippen LogP contribution in [0.1, 0.15) is 35.6 Å². The van der Waals surface area contributed by atoms with Gasteiger partial charge in [-0.05, 0) is 57.9 Å². The summed E-state index contributed by atoms with van der Waals surface area (Å²) in [7, 11) is 0. The van der Waals surface area contributed by atoms with Crippen LogP contribution < -0.4 is 0 Å². The van der Waals surface area contributed by atoms with E-state index >= 15 is 0 Å². The molecule has 0 amide bonds. The Morgan fingerprint density at radius 1 is 0.852 bits per heavy atom. The van der Waals surface area contributed by atoms with Crippen LogP contribution in [-0.4, -0.2) is 5.11 Å². The van der Waals surface area contributed by atoms with Crippen LogP contribution in [-0.2, 0) is 5.41 Å². The molecule has 5 rings (SSSR count). The molecule has 1 nitrogen and oxygen atoms in total. The van der Waals surface area contributed by atoms with Gasteiger partial charge in [0.1, 0.15) is 5.75 Å². The van der Waals surface area contributed by atoms with Crippen molar-refractivity contribution in [3.05, 3.63) is 119 Å². The zero-order valence-electron chi connectivity index (χ0n) is 15.4. The first-order chi connectivity index (χ1) is 13.2. The van der Waals surface area contributed by atoms with Gasteiger partial charge < -0.3 is 5.11 Å². The van der Waals surface area contributed by atoms with Crippen molar-refractivity contribution in [2.75, 3.05) is 0 Å². The lowest BCUT2D eigenvalue weighted by Crippen LogP contribution is -2.29. The van der Waals surface area contributed by atoms with Crippen molar-refractivity contribution in [2.45, 2.75) is 18.8 Å². The molecule has 0 aromatic heterocycles. The second-order valence-electron chi connectivity index (χ2n) is 7.62. The zero-order valence-corrected chi connectivity index (χ0v) is 15.4. The molecule has 0 aliphatic heterocycles. The predicted molar refractivity (Wildman–Crippen MR) is 111 cm³/mol. The lowest BCUT2D eigenvalue weighted by atomic mass is 9.66. The molecule has 1 N–H and O–H groups in total. The number of aromatic hydroxyl groups is 1. The molecule has 3 aromatic carbocycles. The van der Waals surface area contributed by atoms with Crippen molar-refractivity contribution in [1.29, 1.82) is 0 Å². The third-order valence-electron chi connectivity index (χ3n) is 5.95. The van der Waals surface area contributed by atoms with Gasteiger partial charge in [-0.1, -0.05) is 85.8 Å². The summed E-state index contributed by atoms with van der Waals surface area (Å²) in [5.74, 6) is 0.824. The Bertz CT molecular complexity index is 1020. The van der Waals surface area contributed by atoms with Crippen molar-refractivity contribution in [2.24, 2.45) is 5.92 Å². The van der Waals surface area contributed by atoms with Crippen molar-refractivity contribution in [1.82, 2.24) is 0 Å². The van der Waals surface area contributed by atoms with Gasteiger partial charge in [-0.15, -0.1) is 0 Å². The Kier molecular flexibility index (Phi) is 3.58. The van der Waals surface area contributed by atoms with Gasteiger partial charge in [0.25, 0.3) is 0 Å². The van der Waals surface area contributed by atoms with E-state index in [0.29, 0.717) is 11.7 Å². The van der Waals surface area contributed by atoms with E-state index in [1.54, 1.807) is 0 Å². The van der Waals surface area contributed by atoms with E-state index in [4.69, 9.17) is 0 Å². The van der Waals surface area contributed by atoms with Gasteiger partial charge in [-0.25, -0.2) is 0 Å². The SMILES string of the molecule is CC1C=C2C(=CC1)C(c1ccccc1)(c1ccccc1)c1ccc(O)cc12. The van der Waals surface area contributed by atoms with Crippen LogP contribution in [0.3, 0.4) is 0 Å². The van der Waals surface area contributed by atoms with Crippen molar-refractivity contribution < 1.29 is 5.11 Å². The zero-order chi connectivity index (χ0) is 18.4. The first-order valence-corrected chi connectivity index (χ1v) is 9.59. The minimum absolute atomic E-state index is 0.323. The minimum Gasteiger partial charge on any atom is -0.508 e. The molecule has 3 aromatic rings. The molecule has 1 heteroatoms. The summed E-state index contributed by atoms with van der Waals surface area (Å²) in [6.07, 6.45) is 5.83. The normalized spacial score (nSPS) is 19.7. The van der Waals surface area contributed by atoms with Gasteiger partial charge in [-0.3, -0.25) is 0 Å². The molecule has 1 unspecified atom stereocenters. The summed E-state index contributed by atoms with van der Waals surface area (Å²) in [4.78, 5) is 0. The van der Waals surface area contributed by atoms with Crippen LogP contribution in [0.25, 0.3) is 5.57 Å². The third kappa shape index (κ3) is 2.24. The number of benzene rings is 3. The Hall–Kier alpha value is -3.06. The van der Waals surface area contributed by atoms with Gasteiger partial charge in [0.15, 0.2) is 0 Å². The van der Waals surface area contributed by atoms with Crippen LogP contribution in [0.15, 0.2) is 96.6 Å². The van der Waals surface area contributed by atoms with Crippen molar-refractivity contribution in [3.63, 3.8) is 0 Å². The molecule has 27 heavy (non-hydrogen) atoms. The summed E-state index contributed by atoms with van der Waals surface area (Å²) in [6, 6.07) is 27.4. The highest BCUT2D eigenvalue weighted by molar-refractivity contribution is 5.95. The number of phenolic OH excluding ortho intramolecular Hbond substituents is 1. The molecular formula is C26H22O. The Morgan fingerprint density at radius 3 is 2.11 bits per heavy atom. The van der Waals surface area contributed by atoms with Crippen LogP contribution in [0.5, 0.6) is 5.75 Å². The fourth-order valence-corrected chi connectivity index (χ4v) is 4.84. The maximum atomic E-state index is 10.2. The first kappa shape index (κ1) is 16.1. The van der Waals surface area contributed by atoms with Crippen LogP contribution in [0.2, 0.25) is 0 Å². The summed E-state index contributed by atoms with van der Waals surface area (Å²) in [6.45, 7) is 2.26. The molecular weight excluding hydrogens is 328 g/mol. The Labute approximate surface area is 160 Å². The highest BCUT2D eigenvalue weighted by Crippen LogP contribution is 2.59. The maximum absolute atomic E-state index is 10.2. The van der Waals surface area contributed by atoms with E-state index in [1.807, 2.05) is 12.1 Å². The topological polar surface area (TPSA) is 20.2 Å². The molecule has 0 radical (unpaired) electrons. The number of hydrogen-bond donors (Lipinski definition) is 1. The largest absolute Gasteiger partial charge is 0.508 e. The summed E-state index contributed by atoms with van der Waals surface area (Å²) < 4.78 is 0. The quantitative estimate of drug-likeness (QED) is 0.593. The van der Waals surface area contributed by atoms with Gasteiger partial charge >= 0.3 is 0 Å². The molecule has 0 saturated carbocycles. The average molecular weight is 350 g/mol. The fourth-order valence-electron chi connectivity index (χ4n) is 4.84. The van der Waals surface area contributed by atoms with Gasteiger partial charge in [0, 0.05) is 0 Å². The molecule has 2 aliphatic rings. The van der Waals surface area contributed by atoms with Crippen LogP contribution >= 0.6 is 0 Å². The van der Waals surface area contributed by atoms with Gasteiger partial charge in [0.05, 0.1) is 5.41 Å². The summed E-state index contributed by atoms with van der Waals surface area (Å²) in [5.41, 5.74) is 7.23. The lowest BCUT2D eigenvalue weighted by molar-refractivity contribution is 0.475. The van der Waals surface area contributed by atoms with Gasteiger partial charge in [-0.2, -0.15) is 0 Å². The number of fused-ring (bicyclic) bond motifs is 3. The van der Waals surface area contributed by atoms with E-state index in [0.717, 1.165) is 12.0 Å². The monoisotopic (exact) mass is 350 g/mol. The number of hydrogen-bond acceptors (Lipinski definition) is 1. The van der Waals surface area contributed by atoms with Gasteiger partial charge in [0.2, 0.25) is 0 Å². The predicted octanol–water partition coefficient (Wildman–Crippen LogP) is 6.09. The minimum atomic E-state index is -0.336. The van der Waals surface area contributed by atoms with E-state index in [-0.39, 0.29) is 5.41 Å². The molecule has 2 aliphatic carbocycles. The second-order valence-corrected chi connectivity index (χ2v) is 7.62. The van der Waals surface area contributed by atoms with E-state index in [1.165, 1.54) is 27.8 Å². The molecule has 0 fully saturated rings. The second kappa shape index (κ2) is 5.99. The van der Waals surface area contributed by atoms with E-state index in [2.05, 4.69) is 85.8 Å². The summed E-state index contributed by atoms with van der Waals surface area (Å²) >= 11 is 0. The van der Waals surface area contributed by atoms with Crippen LogP contribution in [0, 0.1) is 5.92 Å². The average Bonchev–Trinajstić information content (AvgIpc) is 2.99. The standard InChI is InChI=1S/C26H22O/c1-18-12-14-24-22(16-18)23-17-21(27)13-15-25(23)26(24,19-8-4-2-5-9-19)20-10-6-3-7-11-20/h2-11,13-18,27H,12H2,1H3. The van der Waals surface area contributed by atoms with E-state index < -0.39 is 0 Å². The van der Waals surface area contributed by atoms with Crippen molar-refractivity contribution in [3.8, 4) is 5.75 Å². The fraction of sp³-hybridized carbons (Fsp3) is 0.154. The molecule has 0 bridgehead atoms. The number of rotatable bonds is 2. The molecule has 0 spiro atoms.